The van der Waals surface area contributed by atoms with Gasteiger partial charge in [0, 0.05) is 31.7 Å². The third-order valence-corrected chi connectivity index (χ3v) is 3.99. The summed E-state index contributed by atoms with van der Waals surface area (Å²) in [5.41, 5.74) is 0.453. The topological polar surface area (TPSA) is 63.1 Å². The molecule has 21 heavy (non-hydrogen) atoms. The second kappa shape index (κ2) is 7.75. The zero-order valence-electron chi connectivity index (χ0n) is 13.2. The van der Waals surface area contributed by atoms with Crippen LogP contribution in [-0.2, 0) is 6.54 Å². The number of hydrogen-bond acceptors (Lipinski definition) is 4. The predicted molar refractivity (Wildman–Crippen MR) is 84.7 cm³/mol. The van der Waals surface area contributed by atoms with Crippen LogP contribution in [0.4, 0.5) is 0 Å². The number of halogens is 1. The highest BCUT2D eigenvalue weighted by Crippen LogP contribution is 2.12. The van der Waals surface area contributed by atoms with Crippen molar-refractivity contribution in [2.45, 2.75) is 52.7 Å². The lowest BCUT2D eigenvalue weighted by atomic mass is 10.1. The highest BCUT2D eigenvalue weighted by Gasteiger charge is 2.30. The minimum absolute atomic E-state index is 0. The van der Waals surface area contributed by atoms with Gasteiger partial charge in [0.1, 0.15) is 0 Å². The molecule has 120 valence electrons. The van der Waals surface area contributed by atoms with E-state index in [1.165, 1.54) is 0 Å². The fraction of sp³-hybridized carbons (Fsp3) is 0.786. The molecular formula is C14H26ClN5O. The molecule has 1 aromatic heterocycles. The number of carbonyl (C=O) groups excluding carboxylic acids is 1. The molecule has 1 fully saturated rings. The quantitative estimate of drug-likeness (QED) is 0.916. The summed E-state index contributed by atoms with van der Waals surface area (Å²) in [5.74, 6) is 0.606. The molecule has 1 aliphatic heterocycles. The molecule has 0 radical (unpaired) electrons. The maximum absolute atomic E-state index is 12.5. The first-order valence-electron chi connectivity index (χ1n) is 7.43. The van der Waals surface area contributed by atoms with E-state index < -0.39 is 0 Å². The summed E-state index contributed by atoms with van der Waals surface area (Å²) in [4.78, 5) is 14.4. The molecule has 1 aliphatic rings. The molecular weight excluding hydrogens is 290 g/mol. The average molecular weight is 316 g/mol. The zero-order valence-corrected chi connectivity index (χ0v) is 14.1. The molecule has 7 heteroatoms. The Hall–Kier alpha value is -1.14. The van der Waals surface area contributed by atoms with Gasteiger partial charge in [-0.05, 0) is 26.2 Å². The summed E-state index contributed by atoms with van der Waals surface area (Å²) in [6.45, 7) is 10.9. The van der Waals surface area contributed by atoms with Crippen molar-refractivity contribution in [3.05, 3.63) is 11.9 Å². The number of nitrogens with one attached hydrogen (secondary N) is 1. The van der Waals surface area contributed by atoms with Crippen LogP contribution in [0.2, 0.25) is 0 Å². The lowest BCUT2D eigenvalue weighted by Crippen LogP contribution is -2.57. The van der Waals surface area contributed by atoms with Gasteiger partial charge in [-0.15, -0.1) is 17.5 Å². The van der Waals surface area contributed by atoms with E-state index in [1.807, 2.05) is 4.90 Å². The summed E-state index contributed by atoms with van der Waals surface area (Å²) in [6.07, 6.45) is 2.81. The Balaban J connectivity index is 0.00000220. The molecule has 2 heterocycles. The number of carbonyl (C=O) groups is 1. The standard InChI is InChI=1S/C14H25N5O.ClH/c1-10(2)5-7-18-9-13(16-17-18)14(20)19-8-6-15-11(3)12(19)4;/h9-12,15H,5-8H2,1-4H3;1H. The van der Waals surface area contributed by atoms with Gasteiger partial charge >= 0.3 is 0 Å². The molecule has 1 saturated heterocycles. The Labute approximate surface area is 132 Å². The molecule has 1 N–H and O–H groups in total. The van der Waals surface area contributed by atoms with E-state index in [4.69, 9.17) is 0 Å². The maximum atomic E-state index is 12.5. The number of aryl methyl sites for hydroxylation is 1. The average Bonchev–Trinajstić information content (AvgIpc) is 2.87. The Kier molecular flexibility index (Phi) is 6.61. The van der Waals surface area contributed by atoms with Crippen molar-refractivity contribution < 1.29 is 4.79 Å². The summed E-state index contributed by atoms with van der Waals surface area (Å²) in [5, 5.41) is 11.5. The fourth-order valence-corrected chi connectivity index (χ4v) is 2.39. The van der Waals surface area contributed by atoms with E-state index in [9.17, 15) is 4.79 Å². The largest absolute Gasteiger partial charge is 0.332 e. The minimum Gasteiger partial charge on any atom is -0.332 e. The fourth-order valence-electron chi connectivity index (χ4n) is 2.39. The van der Waals surface area contributed by atoms with E-state index in [1.54, 1.807) is 10.9 Å². The first-order chi connectivity index (χ1) is 9.49. The normalized spacial score (nSPS) is 22.2. The second-order valence-corrected chi connectivity index (χ2v) is 6.03. The van der Waals surface area contributed by atoms with Gasteiger partial charge in [-0.2, -0.15) is 0 Å². The number of piperazine rings is 1. The molecule has 2 rings (SSSR count). The Morgan fingerprint density at radius 1 is 1.48 bits per heavy atom. The van der Waals surface area contributed by atoms with Crippen LogP contribution in [0.15, 0.2) is 6.20 Å². The van der Waals surface area contributed by atoms with Crippen LogP contribution < -0.4 is 5.32 Å². The molecule has 0 aromatic carbocycles. The molecule has 0 aliphatic carbocycles. The van der Waals surface area contributed by atoms with Gasteiger partial charge in [0.15, 0.2) is 5.69 Å². The molecule has 0 spiro atoms. The molecule has 6 nitrogen and oxygen atoms in total. The number of nitrogens with zero attached hydrogens (tertiary/aromatic N) is 4. The lowest BCUT2D eigenvalue weighted by molar-refractivity contribution is 0.0597. The summed E-state index contributed by atoms with van der Waals surface area (Å²) in [6, 6.07) is 0.487. The van der Waals surface area contributed by atoms with Gasteiger partial charge in [0.05, 0.1) is 6.20 Å². The SMILES string of the molecule is CC(C)CCn1cc(C(=O)N2CCNC(C)C2C)nn1.Cl. The number of amides is 1. The van der Waals surface area contributed by atoms with Crippen LogP contribution in [0.25, 0.3) is 0 Å². The van der Waals surface area contributed by atoms with E-state index in [-0.39, 0.29) is 24.4 Å². The Morgan fingerprint density at radius 3 is 2.86 bits per heavy atom. The van der Waals surface area contributed by atoms with Crippen LogP contribution in [0, 0.1) is 5.92 Å². The zero-order chi connectivity index (χ0) is 14.7. The molecule has 0 saturated carbocycles. The first-order valence-corrected chi connectivity index (χ1v) is 7.43. The first kappa shape index (κ1) is 17.9. The number of hydrogen-bond donors (Lipinski definition) is 1. The molecule has 2 atom stereocenters. The highest BCUT2D eigenvalue weighted by molar-refractivity contribution is 5.92. The Bertz CT molecular complexity index is 462. The van der Waals surface area contributed by atoms with Crippen molar-refractivity contribution in [3.63, 3.8) is 0 Å². The predicted octanol–water partition coefficient (Wildman–Crippen LogP) is 1.57. The number of aromatic nitrogens is 3. The maximum Gasteiger partial charge on any atom is 0.276 e. The Morgan fingerprint density at radius 2 is 2.19 bits per heavy atom. The van der Waals surface area contributed by atoms with Crippen LogP contribution in [-0.4, -0.2) is 51.0 Å². The van der Waals surface area contributed by atoms with Gasteiger partial charge in [-0.1, -0.05) is 19.1 Å². The van der Waals surface area contributed by atoms with Gasteiger partial charge in [0.25, 0.3) is 5.91 Å². The summed E-state index contributed by atoms with van der Waals surface area (Å²) < 4.78 is 1.77. The van der Waals surface area contributed by atoms with Crippen molar-refractivity contribution in [1.29, 1.82) is 0 Å². The monoisotopic (exact) mass is 315 g/mol. The molecule has 1 amide bonds. The van der Waals surface area contributed by atoms with Crippen LogP contribution in [0.5, 0.6) is 0 Å². The van der Waals surface area contributed by atoms with Crippen LogP contribution >= 0.6 is 12.4 Å². The van der Waals surface area contributed by atoms with E-state index in [0.29, 0.717) is 17.7 Å². The number of rotatable bonds is 4. The molecule has 0 bridgehead atoms. The lowest BCUT2D eigenvalue weighted by Gasteiger charge is -2.38. The van der Waals surface area contributed by atoms with Gasteiger partial charge < -0.3 is 10.2 Å². The van der Waals surface area contributed by atoms with Crippen molar-refractivity contribution in [2.75, 3.05) is 13.1 Å². The van der Waals surface area contributed by atoms with Crippen LogP contribution in [0.3, 0.4) is 0 Å². The van der Waals surface area contributed by atoms with Crippen molar-refractivity contribution in [3.8, 4) is 0 Å². The molecule has 1 aromatic rings. The van der Waals surface area contributed by atoms with Crippen molar-refractivity contribution >= 4 is 18.3 Å². The van der Waals surface area contributed by atoms with Gasteiger partial charge in [0.2, 0.25) is 0 Å². The van der Waals surface area contributed by atoms with Gasteiger partial charge in [-0.25, -0.2) is 0 Å². The van der Waals surface area contributed by atoms with E-state index in [2.05, 4.69) is 43.3 Å². The summed E-state index contributed by atoms with van der Waals surface area (Å²) >= 11 is 0. The van der Waals surface area contributed by atoms with Crippen molar-refractivity contribution in [2.24, 2.45) is 5.92 Å². The second-order valence-electron chi connectivity index (χ2n) is 6.03. The minimum atomic E-state index is -0.0124. The summed E-state index contributed by atoms with van der Waals surface area (Å²) in [7, 11) is 0. The highest BCUT2D eigenvalue weighted by atomic mass is 35.5. The molecule has 2 unspecified atom stereocenters. The smallest absolute Gasteiger partial charge is 0.276 e. The van der Waals surface area contributed by atoms with E-state index in [0.717, 1.165) is 26.1 Å². The van der Waals surface area contributed by atoms with E-state index >= 15 is 0 Å². The third-order valence-electron chi connectivity index (χ3n) is 3.99. The van der Waals surface area contributed by atoms with Crippen molar-refractivity contribution in [1.82, 2.24) is 25.2 Å². The third kappa shape index (κ3) is 4.41. The van der Waals surface area contributed by atoms with Gasteiger partial charge in [-0.3, -0.25) is 9.48 Å². The van der Waals surface area contributed by atoms with Crippen LogP contribution in [0.1, 0.15) is 44.6 Å².